The molecule has 84 valence electrons. The summed E-state index contributed by atoms with van der Waals surface area (Å²) in [4.78, 5) is 0. The van der Waals surface area contributed by atoms with Crippen molar-refractivity contribution in [3.8, 4) is 5.75 Å². The number of hydrogen-bond acceptors (Lipinski definition) is 3. The van der Waals surface area contributed by atoms with Gasteiger partial charge in [-0.1, -0.05) is 23.2 Å². The van der Waals surface area contributed by atoms with Crippen molar-refractivity contribution >= 4 is 33.3 Å². The van der Waals surface area contributed by atoms with E-state index >= 15 is 0 Å². The Morgan fingerprint density at radius 2 is 2.00 bits per heavy atom. The van der Waals surface area contributed by atoms with E-state index in [1.807, 2.05) is 0 Å². The maximum Gasteiger partial charge on any atom is 0.268 e. The molecule has 0 aliphatic heterocycles. The fraction of sp³-hybridized carbons (Fsp3) is 0.250. The van der Waals surface area contributed by atoms with Gasteiger partial charge in [0, 0.05) is 5.02 Å². The van der Waals surface area contributed by atoms with Crippen LogP contribution in [0, 0.1) is 0 Å². The van der Waals surface area contributed by atoms with E-state index in [1.165, 1.54) is 12.1 Å². The molecular formula is C8H8Cl2O4S. The van der Waals surface area contributed by atoms with Gasteiger partial charge in [0.15, 0.2) is 0 Å². The monoisotopic (exact) mass is 270 g/mol. The first-order valence-corrected chi connectivity index (χ1v) is 6.28. The second-order valence-electron chi connectivity index (χ2n) is 2.71. The van der Waals surface area contributed by atoms with Crippen molar-refractivity contribution in [2.75, 3.05) is 12.4 Å². The first-order chi connectivity index (χ1) is 6.88. The average Bonchev–Trinajstić information content (AvgIpc) is 2.07. The summed E-state index contributed by atoms with van der Waals surface area (Å²) in [5, 5.41) is 0.750. The van der Waals surface area contributed by atoms with Gasteiger partial charge >= 0.3 is 0 Å². The highest BCUT2D eigenvalue weighted by atomic mass is 35.5. The maximum atomic E-state index is 10.4. The summed E-state index contributed by atoms with van der Waals surface area (Å²) in [6.45, 7) is -0.166. The number of halogens is 2. The highest BCUT2D eigenvalue weighted by Gasteiger charge is 2.06. The van der Waals surface area contributed by atoms with Gasteiger partial charge in [-0.15, -0.1) is 0 Å². The number of benzene rings is 1. The minimum atomic E-state index is -4.01. The van der Waals surface area contributed by atoms with Crippen molar-refractivity contribution in [3.05, 3.63) is 28.2 Å². The molecule has 1 aromatic rings. The second kappa shape index (κ2) is 5.03. The van der Waals surface area contributed by atoms with Crippen molar-refractivity contribution in [1.82, 2.24) is 0 Å². The van der Waals surface area contributed by atoms with Crippen LogP contribution in [-0.4, -0.2) is 25.3 Å². The highest BCUT2D eigenvalue weighted by Crippen LogP contribution is 2.27. The molecule has 0 bridgehead atoms. The number of rotatable bonds is 4. The van der Waals surface area contributed by atoms with Gasteiger partial charge in [0.1, 0.15) is 18.1 Å². The van der Waals surface area contributed by atoms with E-state index in [9.17, 15) is 8.42 Å². The fourth-order valence-electron chi connectivity index (χ4n) is 0.849. The average molecular weight is 271 g/mol. The van der Waals surface area contributed by atoms with Crippen LogP contribution in [0.3, 0.4) is 0 Å². The molecule has 0 aliphatic carbocycles. The Hall–Kier alpha value is -0.490. The second-order valence-corrected chi connectivity index (χ2v) is 5.12. The Morgan fingerprint density at radius 3 is 2.53 bits per heavy atom. The Bertz CT molecular complexity index is 444. The first kappa shape index (κ1) is 12.6. The van der Waals surface area contributed by atoms with Crippen LogP contribution in [0.5, 0.6) is 5.75 Å². The first-order valence-electron chi connectivity index (χ1n) is 3.91. The summed E-state index contributed by atoms with van der Waals surface area (Å²) in [6, 6.07) is 4.57. The molecule has 0 fully saturated rings. The molecule has 0 saturated heterocycles. The van der Waals surface area contributed by atoms with Crippen molar-refractivity contribution in [2.24, 2.45) is 0 Å². The number of hydrogen-bond donors (Lipinski definition) is 1. The zero-order valence-electron chi connectivity index (χ0n) is 7.48. The zero-order valence-corrected chi connectivity index (χ0v) is 9.81. The third-order valence-corrected chi connectivity index (χ3v) is 2.71. The summed E-state index contributed by atoms with van der Waals surface area (Å²) in [5.74, 6) is -0.156. The molecule has 0 aliphatic rings. The van der Waals surface area contributed by atoms with Crippen LogP contribution in [0.15, 0.2) is 18.2 Å². The summed E-state index contributed by atoms with van der Waals surface area (Å²) >= 11 is 11.4. The molecule has 15 heavy (non-hydrogen) atoms. The predicted octanol–water partition coefficient (Wildman–Crippen LogP) is 2.26. The van der Waals surface area contributed by atoms with Crippen LogP contribution in [0.4, 0.5) is 0 Å². The van der Waals surface area contributed by atoms with E-state index in [0.717, 1.165) is 0 Å². The van der Waals surface area contributed by atoms with Gasteiger partial charge in [-0.3, -0.25) is 4.55 Å². The summed E-state index contributed by atoms with van der Waals surface area (Å²) < 4.78 is 34.2. The van der Waals surface area contributed by atoms with Crippen LogP contribution in [0.2, 0.25) is 10.0 Å². The fourth-order valence-corrected chi connectivity index (χ4v) is 1.61. The van der Waals surface area contributed by atoms with Gasteiger partial charge in [-0.05, 0) is 18.2 Å². The molecule has 0 amide bonds. The summed E-state index contributed by atoms with van der Waals surface area (Å²) in [7, 11) is -4.01. The Morgan fingerprint density at radius 1 is 1.33 bits per heavy atom. The third-order valence-electron chi connectivity index (χ3n) is 1.49. The van der Waals surface area contributed by atoms with Gasteiger partial charge in [0.2, 0.25) is 0 Å². The van der Waals surface area contributed by atoms with Crippen molar-refractivity contribution in [2.45, 2.75) is 0 Å². The van der Waals surface area contributed by atoms with Crippen LogP contribution in [0.25, 0.3) is 0 Å². The Balaban J connectivity index is 2.59. The zero-order chi connectivity index (χ0) is 11.5. The highest BCUT2D eigenvalue weighted by molar-refractivity contribution is 7.85. The molecule has 1 N–H and O–H groups in total. The van der Waals surface area contributed by atoms with E-state index in [2.05, 4.69) is 0 Å². The van der Waals surface area contributed by atoms with Crippen molar-refractivity contribution in [1.29, 1.82) is 0 Å². The van der Waals surface area contributed by atoms with Gasteiger partial charge < -0.3 is 4.74 Å². The van der Waals surface area contributed by atoms with Gasteiger partial charge in [-0.2, -0.15) is 8.42 Å². The summed E-state index contributed by atoms with van der Waals surface area (Å²) in [5.41, 5.74) is 0. The number of ether oxygens (including phenoxy) is 1. The Kier molecular flexibility index (Phi) is 4.21. The SMILES string of the molecule is O=S(=O)(O)CCOc1ccc(Cl)cc1Cl. The lowest BCUT2D eigenvalue weighted by Gasteiger charge is -2.06. The van der Waals surface area contributed by atoms with E-state index in [1.54, 1.807) is 6.07 Å². The maximum absolute atomic E-state index is 10.4. The van der Waals surface area contributed by atoms with E-state index in [0.29, 0.717) is 10.8 Å². The molecule has 1 aromatic carbocycles. The minimum absolute atomic E-state index is 0.166. The molecule has 0 atom stereocenters. The molecular weight excluding hydrogens is 263 g/mol. The van der Waals surface area contributed by atoms with Crippen LogP contribution < -0.4 is 4.74 Å². The third kappa shape index (κ3) is 4.70. The molecule has 7 heteroatoms. The molecule has 1 rings (SSSR count). The van der Waals surface area contributed by atoms with Gasteiger partial charge in [0.25, 0.3) is 10.1 Å². The largest absolute Gasteiger partial charge is 0.491 e. The topological polar surface area (TPSA) is 63.6 Å². The lowest BCUT2D eigenvalue weighted by molar-refractivity contribution is 0.336. The molecule has 0 radical (unpaired) electrons. The van der Waals surface area contributed by atoms with E-state index in [-0.39, 0.29) is 11.6 Å². The quantitative estimate of drug-likeness (QED) is 0.853. The van der Waals surface area contributed by atoms with Crippen molar-refractivity contribution < 1.29 is 17.7 Å². The normalized spacial score (nSPS) is 11.4. The molecule has 0 saturated carbocycles. The van der Waals surface area contributed by atoms with E-state index in [4.69, 9.17) is 32.5 Å². The molecule has 0 spiro atoms. The Labute approximate surface area is 97.5 Å². The molecule has 0 heterocycles. The van der Waals surface area contributed by atoms with E-state index < -0.39 is 15.9 Å². The van der Waals surface area contributed by atoms with Crippen molar-refractivity contribution in [3.63, 3.8) is 0 Å². The predicted molar refractivity (Wildman–Crippen MR) is 58.4 cm³/mol. The summed E-state index contributed by atoms with van der Waals surface area (Å²) in [6.07, 6.45) is 0. The van der Waals surface area contributed by atoms with Gasteiger partial charge in [0.05, 0.1) is 5.02 Å². The van der Waals surface area contributed by atoms with Crippen LogP contribution >= 0.6 is 23.2 Å². The molecule has 4 nitrogen and oxygen atoms in total. The van der Waals surface area contributed by atoms with Gasteiger partial charge in [-0.25, -0.2) is 0 Å². The molecule has 0 aromatic heterocycles. The minimum Gasteiger partial charge on any atom is -0.491 e. The lowest BCUT2D eigenvalue weighted by Crippen LogP contribution is -2.12. The van der Waals surface area contributed by atoms with Crippen LogP contribution in [0.1, 0.15) is 0 Å². The van der Waals surface area contributed by atoms with Crippen LogP contribution in [-0.2, 0) is 10.1 Å². The standard InChI is InChI=1S/C8H8Cl2O4S/c9-6-1-2-8(7(10)5-6)14-3-4-15(11,12)13/h1-2,5H,3-4H2,(H,11,12,13). The lowest BCUT2D eigenvalue weighted by atomic mass is 10.3. The molecule has 0 unspecified atom stereocenters. The smallest absolute Gasteiger partial charge is 0.268 e.